The van der Waals surface area contributed by atoms with Crippen molar-refractivity contribution in [2.45, 2.75) is 43.8 Å². The number of hydrogen-bond acceptors (Lipinski definition) is 4. The van der Waals surface area contributed by atoms with Crippen LogP contribution in [-0.4, -0.2) is 68.2 Å². The van der Waals surface area contributed by atoms with Crippen molar-refractivity contribution in [3.63, 3.8) is 0 Å². The Labute approximate surface area is 201 Å². The van der Waals surface area contributed by atoms with Crippen molar-refractivity contribution in [3.05, 3.63) is 69.7 Å². The monoisotopic (exact) mass is 495 g/mol. The van der Waals surface area contributed by atoms with Gasteiger partial charge in [-0.2, -0.15) is 4.31 Å². The molecule has 4 rings (SSSR count). The first-order valence-electron chi connectivity index (χ1n) is 11.2. The predicted octanol–water partition coefficient (Wildman–Crippen LogP) is 3.85. The normalized spacial score (nSPS) is 24.0. The van der Waals surface area contributed by atoms with E-state index in [4.69, 9.17) is 23.2 Å². The fraction of sp³-hybridized carbons (Fsp3) is 0.500. The Kier molecular flexibility index (Phi) is 7.81. The topological polar surface area (TPSA) is 52.7 Å². The minimum absolute atomic E-state index is 0.0949. The van der Waals surface area contributed by atoms with E-state index in [1.807, 2.05) is 48.5 Å². The third-order valence-electron chi connectivity index (χ3n) is 6.66. The second kappa shape index (κ2) is 10.4. The number of benzene rings is 2. The summed E-state index contributed by atoms with van der Waals surface area (Å²) in [6, 6.07) is 16.2. The van der Waals surface area contributed by atoms with Gasteiger partial charge in [0.1, 0.15) is 0 Å². The van der Waals surface area contributed by atoms with Gasteiger partial charge >= 0.3 is 0 Å². The van der Waals surface area contributed by atoms with Gasteiger partial charge in [-0.05, 0) is 74.2 Å². The second-order valence-electron chi connectivity index (χ2n) is 8.98. The number of rotatable bonds is 6. The molecule has 0 radical (unpaired) electrons. The van der Waals surface area contributed by atoms with Gasteiger partial charge in [0.2, 0.25) is 10.0 Å². The molecule has 0 bridgehead atoms. The van der Waals surface area contributed by atoms with Gasteiger partial charge in [-0.15, -0.1) is 0 Å². The van der Waals surface area contributed by atoms with Crippen LogP contribution in [0.4, 0.5) is 0 Å². The summed E-state index contributed by atoms with van der Waals surface area (Å²) < 4.78 is 27.4. The minimum Gasteiger partial charge on any atom is -0.317 e. The lowest BCUT2D eigenvalue weighted by molar-refractivity contribution is 0.0291. The van der Waals surface area contributed by atoms with Crippen LogP contribution in [0, 0.1) is 0 Å². The molecule has 8 heteroatoms. The molecule has 2 aromatic carbocycles. The zero-order valence-corrected chi connectivity index (χ0v) is 20.7. The van der Waals surface area contributed by atoms with E-state index < -0.39 is 10.0 Å². The molecule has 2 aliphatic rings. The molecular weight excluding hydrogens is 465 g/mol. The maximum absolute atomic E-state index is 12.8. The zero-order valence-electron chi connectivity index (χ0n) is 18.4. The molecule has 2 aliphatic heterocycles. The average Bonchev–Trinajstić information content (AvgIpc) is 2.77. The minimum atomic E-state index is -3.34. The summed E-state index contributed by atoms with van der Waals surface area (Å²) in [5.74, 6) is 0. The van der Waals surface area contributed by atoms with Gasteiger partial charge in [0.05, 0.1) is 6.26 Å². The van der Waals surface area contributed by atoms with Crippen molar-refractivity contribution < 1.29 is 8.42 Å². The fourth-order valence-electron chi connectivity index (χ4n) is 5.07. The van der Waals surface area contributed by atoms with Crippen molar-refractivity contribution >= 4 is 33.2 Å². The SMILES string of the molecule is CS(=O)(=O)N1C[C@H](Cc2ccc(Cl)cc2)N(C2CCNCC2)C[C@@H]1Cc1ccc(Cl)cc1. The van der Waals surface area contributed by atoms with Crippen molar-refractivity contribution in [1.82, 2.24) is 14.5 Å². The Morgan fingerprint density at radius 3 is 1.84 bits per heavy atom. The van der Waals surface area contributed by atoms with Gasteiger partial charge in [0.15, 0.2) is 0 Å². The van der Waals surface area contributed by atoms with E-state index >= 15 is 0 Å². The van der Waals surface area contributed by atoms with Crippen molar-refractivity contribution in [3.8, 4) is 0 Å². The molecule has 0 unspecified atom stereocenters. The summed E-state index contributed by atoms with van der Waals surface area (Å²) in [5.41, 5.74) is 2.29. The molecule has 2 saturated heterocycles. The molecule has 2 aromatic rings. The Morgan fingerprint density at radius 1 is 0.844 bits per heavy atom. The van der Waals surface area contributed by atoms with Crippen molar-refractivity contribution in [2.75, 3.05) is 32.4 Å². The molecule has 2 atom stereocenters. The maximum Gasteiger partial charge on any atom is 0.211 e. The second-order valence-corrected chi connectivity index (χ2v) is 11.8. The van der Waals surface area contributed by atoms with E-state index in [2.05, 4.69) is 10.2 Å². The fourth-order valence-corrected chi connectivity index (χ4v) is 6.45. The first kappa shape index (κ1) is 24.0. The van der Waals surface area contributed by atoms with Crippen LogP contribution in [0.5, 0.6) is 0 Å². The molecule has 0 saturated carbocycles. The smallest absolute Gasteiger partial charge is 0.211 e. The predicted molar refractivity (Wildman–Crippen MR) is 132 cm³/mol. The van der Waals surface area contributed by atoms with E-state index in [1.54, 1.807) is 4.31 Å². The highest BCUT2D eigenvalue weighted by Gasteiger charge is 2.41. The van der Waals surface area contributed by atoms with E-state index in [-0.39, 0.29) is 12.1 Å². The third-order valence-corrected chi connectivity index (χ3v) is 8.46. The molecule has 32 heavy (non-hydrogen) atoms. The van der Waals surface area contributed by atoms with Crippen LogP contribution in [-0.2, 0) is 22.9 Å². The molecule has 5 nitrogen and oxygen atoms in total. The summed E-state index contributed by atoms with van der Waals surface area (Å²) in [5, 5.41) is 4.86. The number of sulfonamides is 1. The van der Waals surface area contributed by atoms with Gasteiger partial charge < -0.3 is 5.32 Å². The Bertz CT molecular complexity index is 993. The lowest BCUT2D eigenvalue weighted by atomic mass is 9.93. The van der Waals surface area contributed by atoms with Gasteiger partial charge in [0.25, 0.3) is 0 Å². The molecule has 0 amide bonds. The summed E-state index contributed by atoms with van der Waals surface area (Å²) in [6.45, 7) is 3.25. The number of piperidine rings is 1. The molecule has 0 aliphatic carbocycles. The summed E-state index contributed by atoms with van der Waals surface area (Å²) in [4.78, 5) is 2.58. The molecular formula is C24H31Cl2N3O2S. The van der Waals surface area contributed by atoms with Crippen LogP contribution in [0.3, 0.4) is 0 Å². The molecule has 1 N–H and O–H groups in total. The summed E-state index contributed by atoms with van der Waals surface area (Å²) >= 11 is 12.1. The first-order valence-corrected chi connectivity index (χ1v) is 13.8. The van der Waals surface area contributed by atoms with E-state index in [1.165, 1.54) is 11.8 Å². The number of nitrogens with zero attached hydrogens (tertiary/aromatic N) is 2. The van der Waals surface area contributed by atoms with Gasteiger partial charge in [0, 0.05) is 41.3 Å². The molecule has 2 fully saturated rings. The molecule has 0 spiro atoms. The Morgan fingerprint density at radius 2 is 1.34 bits per heavy atom. The summed E-state index contributed by atoms with van der Waals surface area (Å²) in [6.07, 6.45) is 4.99. The highest BCUT2D eigenvalue weighted by atomic mass is 35.5. The first-order chi connectivity index (χ1) is 15.3. The quantitative estimate of drug-likeness (QED) is 0.661. The largest absolute Gasteiger partial charge is 0.317 e. The zero-order chi connectivity index (χ0) is 22.7. The van der Waals surface area contributed by atoms with E-state index in [9.17, 15) is 8.42 Å². The van der Waals surface area contributed by atoms with Crippen molar-refractivity contribution in [2.24, 2.45) is 0 Å². The number of nitrogens with one attached hydrogen (secondary N) is 1. The van der Waals surface area contributed by atoms with Gasteiger partial charge in [-0.25, -0.2) is 8.42 Å². The molecule has 2 heterocycles. The lowest BCUT2D eigenvalue weighted by Gasteiger charge is -2.49. The highest BCUT2D eigenvalue weighted by Crippen LogP contribution is 2.28. The van der Waals surface area contributed by atoms with Crippen LogP contribution in [0.25, 0.3) is 0 Å². The maximum atomic E-state index is 12.8. The van der Waals surface area contributed by atoms with Crippen LogP contribution >= 0.6 is 23.2 Å². The van der Waals surface area contributed by atoms with Crippen LogP contribution in [0.15, 0.2) is 48.5 Å². The third kappa shape index (κ3) is 6.04. The van der Waals surface area contributed by atoms with Gasteiger partial charge in [-0.3, -0.25) is 4.90 Å². The van der Waals surface area contributed by atoms with Crippen LogP contribution in [0.1, 0.15) is 24.0 Å². The highest BCUT2D eigenvalue weighted by molar-refractivity contribution is 7.88. The number of halogens is 2. The average molecular weight is 497 g/mol. The van der Waals surface area contributed by atoms with Crippen LogP contribution < -0.4 is 5.32 Å². The van der Waals surface area contributed by atoms with E-state index in [0.717, 1.165) is 44.5 Å². The standard InChI is InChI=1S/C24H31Cl2N3O2S/c1-32(30,31)29-17-23(14-18-2-6-20(25)7-3-18)28(22-10-12-27-13-11-22)16-24(29)15-19-4-8-21(26)9-5-19/h2-9,22-24,27H,10-17H2,1H3/t23-,24-/m0/s1. The molecule has 174 valence electrons. The number of piperazine rings is 1. The Hall–Kier alpha value is -1.15. The van der Waals surface area contributed by atoms with E-state index in [0.29, 0.717) is 29.1 Å². The number of hydrogen-bond donors (Lipinski definition) is 1. The van der Waals surface area contributed by atoms with Crippen LogP contribution in [0.2, 0.25) is 10.0 Å². The lowest BCUT2D eigenvalue weighted by Crippen LogP contribution is -2.64. The molecule has 0 aromatic heterocycles. The Balaban J connectivity index is 1.61. The van der Waals surface area contributed by atoms with Crippen molar-refractivity contribution in [1.29, 1.82) is 0 Å². The van der Waals surface area contributed by atoms with Gasteiger partial charge in [-0.1, -0.05) is 47.5 Å². The summed E-state index contributed by atoms with van der Waals surface area (Å²) in [7, 11) is -3.34.